The quantitative estimate of drug-likeness (QED) is 0.157. The summed E-state index contributed by atoms with van der Waals surface area (Å²) >= 11 is 0. The van der Waals surface area contributed by atoms with Gasteiger partial charge in [-0.05, 0) is 24.2 Å². The van der Waals surface area contributed by atoms with Gasteiger partial charge in [-0.3, -0.25) is 13.9 Å². The van der Waals surface area contributed by atoms with E-state index in [9.17, 15) is 9.36 Å². The Hall–Kier alpha value is -2.57. The van der Waals surface area contributed by atoms with E-state index < -0.39 is 40.5 Å². The van der Waals surface area contributed by atoms with Crippen LogP contribution in [0.5, 0.6) is 0 Å². The van der Waals surface area contributed by atoms with Crippen molar-refractivity contribution in [3.8, 4) is 0 Å². The highest BCUT2D eigenvalue weighted by Crippen LogP contribution is 2.49. The van der Waals surface area contributed by atoms with E-state index in [1.165, 1.54) is 26.4 Å². The summed E-state index contributed by atoms with van der Waals surface area (Å²) in [5.41, 5.74) is 2.12. The maximum atomic E-state index is 12.9. The van der Waals surface area contributed by atoms with Crippen LogP contribution in [0.3, 0.4) is 0 Å². The molecule has 1 aromatic carbocycles. The minimum Gasteiger partial charge on any atom is -0.407 e. The van der Waals surface area contributed by atoms with E-state index in [2.05, 4.69) is 48.8 Å². The van der Waals surface area contributed by atoms with Crippen LogP contribution in [0.4, 0.5) is 0 Å². The molecule has 0 spiro atoms. The number of ether oxygens (including phenoxy) is 2. The van der Waals surface area contributed by atoms with Crippen LogP contribution in [0, 0.1) is 0 Å². The Morgan fingerprint density at radius 1 is 1.07 bits per heavy atom. The molecule has 13 heteroatoms. The van der Waals surface area contributed by atoms with Crippen LogP contribution < -0.4 is 0 Å². The second-order valence-corrected chi connectivity index (χ2v) is 18.3. The first-order valence-corrected chi connectivity index (χ1v) is 17.9. The van der Waals surface area contributed by atoms with Gasteiger partial charge in [0.1, 0.15) is 30.2 Å². The fraction of sp³-hybridized carbons (Fsp3) is 0.500. The number of hydrogen-bond donors (Lipinski definition) is 0. The summed E-state index contributed by atoms with van der Waals surface area (Å²) in [4.78, 5) is 26.4. The van der Waals surface area contributed by atoms with Crippen LogP contribution in [-0.2, 0) is 33.9 Å². The maximum Gasteiger partial charge on any atom is 0.353 e. The SMILES string of the molecule is CO[C@H]1[C@@H](O[Si](C)(C)C(C)(C)C)[C@H](n2cnc3c(CC(=O)c4ccccc4)ncnc32)O[C@@H]1/C=C/P(=O)(OC)OC. The lowest BCUT2D eigenvalue weighted by molar-refractivity contribution is -0.0204. The van der Waals surface area contributed by atoms with Crippen molar-refractivity contribution >= 4 is 32.9 Å². The van der Waals surface area contributed by atoms with E-state index in [1.54, 1.807) is 36.2 Å². The van der Waals surface area contributed by atoms with Crippen molar-refractivity contribution in [1.29, 1.82) is 0 Å². The number of nitrogens with zero attached hydrogens (tertiary/aromatic N) is 4. The molecule has 11 nitrogen and oxygen atoms in total. The Bertz CT molecular complexity index is 1430. The zero-order valence-electron chi connectivity index (χ0n) is 24.8. The fourth-order valence-electron chi connectivity index (χ4n) is 4.43. The lowest BCUT2D eigenvalue weighted by atomic mass is 10.1. The van der Waals surface area contributed by atoms with Gasteiger partial charge in [0, 0.05) is 32.7 Å². The van der Waals surface area contributed by atoms with Gasteiger partial charge in [0.25, 0.3) is 0 Å². The van der Waals surface area contributed by atoms with E-state index in [1.807, 2.05) is 18.2 Å². The molecule has 222 valence electrons. The van der Waals surface area contributed by atoms with E-state index in [0.29, 0.717) is 22.4 Å². The van der Waals surface area contributed by atoms with Crippen molar-refractivity contribution in [3.05, 3.63) is 66.1 Å². The van der Waals surface area contributed by atoms with Gasteiger partial charge in [-0.1, -0.05) is 51.1 Å². The molecule has 41 heavy (non-hydrogen) atoms. The summed E-state index contributed by atoms with van der Waals surface area (Å²) in [6.45, 7) is 10.8. The van der Waals surface area contributed by atoms with E-state index in [4.69, 9.17) is 22.9 Å². The fourth-order valence-corrected chi connectivity index (χ4v) is 6.49. The molecular weight excluding hydrogens is 563 g/mol. The average molecular weight is 603 g/mol. The number of fused-ring (bicyclic) bond motifs is 1. The smallest absolute Gasteiger partial charge is 0.353 e. The molecule has 0 N–H and O–H groups in total. The van der Waals surface area contributed by atoms with Crippen LogP contribution in [-0.4, -0.2) is 73.3 Å². The third kappa shape index (κ3) is 6.59. The van der Waals surface area contributed by atoms with Crippen LogP contribution in [0.1, 0.15) is 43.1 Å². The van der Waals surface area contributed by atoms with Gasteiger partial charge in [-0.25, -0.2) is 15.0 Å². The van der Waals surface area contributed by atoms with E-state index in [0.717, 1.165) is 0 Å². The van der Waals surface area contributed by atoms with Crippen LogP contribution in [0.25, 0.3) is 11.2 Å². The number of carbonyl (C=O) groups excluding carboxylic acids is 1. The molecule has 0 radical (unpaired) electrons. The average Bonchev–Trinajstić information content (AvgIpc) is 3.52. The Labute approximate surface area is 241 Å². The van der Waals surface area contributed by atoms with Gasteiger partial charge in [-0.2, -0.15) is 0 Å². The molecule has 0 bridgehead atoms. The highest BCUT2D eigenvalue weighted by molar-refractivity contribution is 7.57. The van der Waals surface area contributed by atoms with Crippen molar-refractivity contribution in [2.24, 2.45) is 0 Å². The van der Waals surface area contributed by atoms with Crippen LogP contribution in [0.2, 0.25) is 18.1 Å². The zero-order chi connectivity index (χ0) is 30.0. The third-order valence-corrected chi connectivity index (χ3v) is 13.9. The summed E-state index contributed by atoms with van der Waals surface area (Å²) in [6, 6.07) is 9.07. The first-order chi connectivity index (χ1) is 19.3. The molecule has 1 fully saturated rings. The summed E-state index contributed by atoms with van der Waals surface area (Å²) < 4.78 is 44.0. The van der Waals surface area contributed by atoms with Crippen LogP contribution in [0.15, 0.2) is 54.9 Å². The standard InChI is InChI=1S/C28H39N4O7PSi/c1-28(2,3)41(7,8)39-25-24(35-4)22(14-15-40(34,36-5)37-6)38-27(25)32-18-31-23-20(29-17-30-26(23)32)16-21(33)19-12-10-9-11-13-19/h9-15,17-18,22,24-25,27H,16H2,1-8H3/b15-14+/t22-,24-,25-,27-/m1/s1. The predicted octanol–water partition coefficient (Wildman–Crippen LogP) is 5.55. The first-order valence-electron chi connectivity index (χ1n) is 13.4. The summed E-state index contributed by atoms with van der Waals surface area (Å²) in [7, 11) is -1.53. The molecule has 2 aromatic heterocycles. The largest absolute Gasteiger partial charge is 0.407 e. The van der Waals surface area contributed by atoms with Gasteiger partial charge >= 0.3 is 7.60 Å². The predicted molar refractivity (Wildman–Crippen MR) is 157 cm³/mol. The number of imidazole rings is 1. The molecule has 4 atom stereocenters. The normalized spacial score (nSPS) is 22.1. The number of carbonyl (C=O) groups is 1. The monoisotopic (exact) mass is 602 g/mol. The molecule has 0 saturated carbocycles. The van der Waals surface area contributed by atoms with Gasteiger partial charge in [0.05, 0.1) is 18.4 Å². The molecule has 0 aliphatic carbocycles. The highest BCUT2D eigenvalue weighted by Gasteiger charge is 2.51. The molecule has 3 aromatic rings. The summed E-state index contributed by atoms with van der Waals surface area (Å²) in [5, 5.41) is -0.0876. The molecule has 3 heterocycles. The minimum absolute atomic E-state index is 0.0678. The number of hydrogen-bond acceptors (Lipinski definition) is 10. The summed E-state index contributed by atoms with van der Waals surface area (Å²) in [5.74, 6) is 1.30. The van der Waals surface area contributed by atoms with Crippen molar-refractivity contribution < 1.29 is 32.3 Å². The number of benzene rings is 1. The van der Waals surface area contributed by atoms with E-state index >= 15 is 0 Å². The lowest BCUT2D eigenvalue weighted by Gasteiger charge is -2.40. The molecule has 1 saturated heterocycles. The molecular formula is C28H39N4O7PSi. The maximum absolute atomic E-state index is 12.9. The van der Waals surface area contributed by atoms with Gasteiger partial charge in [-0.15, -0.1) is 0 Å². The molecule has 0 amide bonds. The second kappa shape index (κ2) is 12.3. The second-order valence-electron chi connectivity index (χ2n) is 11.4. The Kier molecular flexibility index (Phi) is 9.44. The Balaban J connectivity index is 1.74. The van der Waals surface area contributed by atoms with Crippen molar-refractivity contribution in [2.45, 2.75) is 69.9 Å². The van der Waals surface area contributed by atoms with Gasteiger partial charge in [0.2, 0.25) is 0 Å². The van der Waals surface area contributed by atoms with Crippen LogP contribution >= 0.6 is 7.60 Å². The molecule has 1 aliphatic heterocycles. The number of aromatic nitrogens is 4. The lowest BCUT2D eigenvalue weighted by Crippen LogP contribution is -2.48. The Morgan fingerprint density at radius 2 is 1.76 bits per heavy atom. The topological polar surface area (TPSA) is 124 Å². The Morgan fingerprint density at radius 3 is 2.37 bits per heavy atom. The molecule has 1 aliphatic rings. The molecule has 4 rings (SSSR count). The zero-order valence-corrected chi connectivity index (χ0v) is 26.7. The number of Topliss-reactive ketones (excluding diaryl/α,β-unsaturated/α-hetero) is 1. The van der Waals surface area contributed by atoms with Crippen molar-refractivity contribution in [3.63, 3.8) is 0 Å². The van der Waals surface area contributed by atoms with Gasteiger partial charge < -0.3 is 22.9 Å². The third-order valence-electron chi connectivity index (χ3n) is 7.83. The van der Waals surface area contributed by atoms with Crippen molar-refractivity contribution in [1.82, 2.24) is 19.5 Å². The molecule has 0 unspecified atom stereocenters. The summed E-state index contributed by atoms with van der Waals surface area (Å²) in [6.07, 6.45) is 2.31. The van der Waals surface area contributed by atoms with Crippen molar-refractivity contribution in [2.75, 3.05) is 21.3 Å². The van der Waals surface area contributed by atoms with Gasteiger partial charge in [0.15, 0.2) is 26.0 Å². The van der Waals surface area contributed by atoms with E-state index in [-0.39, 0.29) is 17.2 Å². The number of methoxy groups -OCH3 is 1. The minimum atomic E-state index is -3.44. The highest BCUT2D eigenvalue weighted by atomic mass is 31.2. The first kappa shape index (κ1) is 31.4. The number of ketones is 1. The number of rotatable bonds is 11.